The fraction of sp³-hybridized carbons (Fsp3) is 0.569. The summed E-state index contributed by atoms with van der Waals surface area (Å²) >= 11 is 0. The smallest absolute Gasteiger partial charge is 0.308 e. The Morgan fingerprint density at radius 3 is 0.875 bits per heavy atom. The summed E-state index contributed by atoms with van der Waals surface area (Å²) in [4.78, 5) is 13.8. The van der Waals surface area contributed by atoms with Crippen molar-refractivity contribution < 1.29 is 14.0 Å². The minimum absolute atomic E-state index is 0.0995. The van der Waals surface area contributed by atoms with Crippen LogP contribution in [0.1, 0.15) is 212 Å². The van der Waals surface area contributed by atoms with Crippen molar-refractivity contribution in [3.8, 4) is 0 Å². The van der Waals surface area contributed by atoms with Gasteiger partial charge in [0.05, 0.1) is 6.61 Å². The van der Waals surface area contributed by atoms with Gasteiger partial charge in [0.1, 0.15) is 6.33 Å². The Balaban J connectivity index is 2.22. The Morgan fingerprint density at radius 1 is 0.422 bits per heavy atom. The van der Waals surface area contributed by atoms with Gasteiger partial charge in [-0.25, -0.2) is 13.9 Å². The van der Waals surface area contributed by atoms with Gasteiger partial charge in [0.15, 0.2) is 0 Å². The highest BCUT2D eigenvalue weighted by Crippen LogP contribution is 2.43. The summed E-state index contributed by atoms with van der Waals surface area (Å²) in [6, 6.07) is 0. The van der Waals surface area contributed by atoms with Crippen LogP contribution in [0.3, 0.4) is 0 Å². The molecule has 5 nitrogen and oxygen atoms in total. The minimum Gasteiger partial charge on any atom is -0.308 e. The first kappa shape index (κ1) is 58.5. The molecule has 64 heavy (non-hydrogen) atoms. The summed E-state index contributed by atoms with van der Waals surface area (Å²) in [7, 11) is -3.87. The monoisotopic (exact) mass is 897 g/mol. The van der Waals surface area contributed by atoms with Crippen LogP contribution in [0.4, 0.5) is 0 Å². The first-order chi connectivity index (χ1) is 30.5. The summed E-state index contributed by atoms with van der Waals surface area (Å²) < 4.78 is 18.5. The van der Waals surface area contributed by atoms with Crippen molar-refractivity contribution in [2.75, 3.05) is 6.61 Å². The van der Waals surface area contributed by atoms with Crippen LogP contribution in [0.25, 0.3) is 0 Å². The molecular formula is C58H93N2O3P. The number of rotatable bonds is 34. The molecular weight excluding hydrogens is 804 g/mol. The number of imidazole rings is 1. The second-order valence-electron chi connectivity index (χ2n) is 18.9. The van der Waals surface area contributed by atoms with Crippen LogP contribution >= 0.6 is 7.75 Å². The van der Waals surface area contributed by atoms with Crippen LogP contribution in [-0.4, -0.2) is 20.8 Å². The first-order valence-electron chi connectivity index (χ1n) is 24.6. The zero-order chi connectivity index (χ0) is 47.6. The lowest BCUT2D eigenvalue weighted by molar-refractivity contribution is 0.277. The molecule has 0 aliphatic carbocycles. The van der Waals surface area contributed by atoms with E-state index < -0.39 is 7.75 Å². The van der Waals surface area contributed by atoms with E-state index in [1.54, 1.807) is 0 Å². The molecule has 0 saturated heterocycles. The number of hydrogen-bond donors (Lipinski definition) is 1. The standard InChI is InChI=1S/C58H93N2O3P/c1-48(2)23-13-24-49(3)25-14-26-50(4)27-15-28-51(5)29-16-30-52(6)31-17-32-53(7)33-18-34-54(8)35-19-36-55(9)37-20-38-56(10)39-21-40-57(11)41-22-42-58(12)43-46-63-64(61,62)60-45-44-59-47-60/h23,25,27,29,31,33,35,37,39,41,43-45,47H,13-22,24,26,28,30,32,34,36,38,40,42,46H2,1-12H3,(H,61,62)/b49-25+,50-27+,51-29+,52-31-,53-33-,54-35-,55-37-,56-39-,57-41-,58-43-. The number of aromatic nitrogens is 2. The second kappa shape index (κ2) is 35.7. The minimum atomic E-state index is -3.87. The van der Waals surface area contributed by atoms with E-state index in [0.717, 1.165) is 119 Å². The lowest BCUT2D eigenvalue weighted by Crippen LogP contribution is -1.98. The second-order valence-corrected chi connectivity index (χ2v) is 20.6. The molecule has 1 rings (SSSR count). The van der Waals surface area contributed by atoms with E-state index in [1.165, 1.54) is 93.7 Å². The predicted molar refractivity (Wildman–Crippen MR) is 283 cm³/mol. The summed E-state index contributed by atoms with van der Waals surface area (Å²) in [6.07, 6.45) is 52.7. The van der Waals surface area contributed by atoms with Gasteiger partial charge in [-0.1, -0.05) is 128 Å². The van der Waals surface area contributed by atoms with Crippen molar-refractivity contribution in [2.45, 2.75) is 212 Å². The molecule has 0 fully saturated rings. The SMILES string of the molecule is CC(C)=CCC/C(C)=C/CC/C(C)=C/CC/C(C)=C/CC/C(C)=C\CC/C(C)=C\CC/C(C)=C\CC/C(C)=C\CC/C(C)=C\CC/C(C)=C\CC/C(C)=C\COP(=O)(O)n1ccnc1. The number of allylic oxidation sites excluding steroid dienone is 21. The van der Waals surface area contributed by atoms with Gasteiger partial charge in [-0.15, -0.1) is 0 Å². The average molecular weight is 897 g/mol. The van der Waals surface area contributed by atoms with Crippen LogP contribution in [0.15, 0.2) is 147 Å². The van der Waals surface area contributed by atoms with Crippen molar-refractivity contribution in [3.05, 3.63) is 147 Å². The highest BCUT2D eigenvalue weighted by Gasteiger charge is 2.20. The van der Waals surface area contributed by atoms with E-state index >= 15 is 0 Å². The number of hydrogen-bond acceptors (Lipinski definition) is 3. The summed E-state index contributed by atoms with van der Waals surface area (Å²) in [6.45, 7) is 27.0. The molecule has 0 aliphatic rings. The predicted octanol–water partition coefficient (Wildman–Crippen LogP) is 19.1. The maximum atomic E-state index is 12.2. The van der Waals surface area contributed by atoms with Gasteiger partial charge >= 0.3 is 7.75 Å². The normalized spacial score (nSPS) is 15.6. The molecule has 1 unspecified atom stereocenters. The van der Waals surface area contributed by atoms with Gasteiger partial charge in [0.2, 0.25) is 0 Å². The summed E-state index contributed by atoms with van der Waals surface area (Å²) in [5.74, 6) is 0. The van der Waals surface area contributed by atoms with Crippen molar-refractivity contribution in [1.82, 2.24) is 9.32 Å². The van der Waals surface area contributed by atoms with Gasteiger partial charge in [-0.3, -0.25) is 4.52 Å². The Morgan fingerprint density at radius 2 is 0.656 bits per heavy atom. The Bertz CT molecular complexity index is 1870. The van der Waals surface area contributed by atoms with Gasteiger partial charge in [0.25, 0.3) is 0 Å². The lowest BCUT2D eigenvalue weighted by atomic mass is 10.0. The zero-order valence-corrected chi connectivity index (χ0v) is 43.9. The average Bonchev–Trinajstić information content (AvgIpc) is 3.78. The highest BCUT2D eigenvalue weighted by atomic mass is 31.2. The van der Waals surface area contributed by atoms with Crippen LogP contribution in [0, 0.1) is 0 Å². The third-order valence-corrected chi connectivity index (χ3v) is 13.1. The molecule has 0 radical (unpaired) electrons. The van der Waals surface area contributed by atoms with Crippen molar-refractivity contribution in [3.63, 3.8) is 0 Å². The molecule has 358 valence electrons. The molecule has 6 heteroatoms. The third kappa shape index (κ3) is 33.0. The van der Waals surface area contributed by atoms with Crippen LogP contribution in [0.2, 0.25) is 0 Å². The fourth-order valence-corrected chi connectivity index (χ4v) is 8.09. The van der Waals surface area contributed by atoms with E-state index in [1.807, 2.05) is 13.0 Å². The molecule has 1 heterocycles. The molecule has 1 atom stereocenters. The molecule has 0 bridgehead atoms. The molecule has 0 saturated carbocycles. The van der Waals surface area contributed by atoms with Crippen LogP contribution in [0.5, 0.6) is 0 Å². The maximum Gasteiger partial charge on any atom is 0.437 e. The van der Waals surface area contributed by atoms with E-state index in [0.29, 0.717) is 0 Å². The molecule has 1 aromatic rings. The molecule has 1 N–H and O–H groups in total. The molecule has 0 amide bonds. The molecule has 0 aliphatic heterocycles. The van der Waals surface area contributed by atoms with Gasteiger partial charge in [-0.2, -0.15) is 0 Å². The maximum absolute atomic E-state index is 12.2. The van der Waals surface area contributed by atoms with E-state index in [2.05, 4.69) is 142 Å². The van der Waals surface area contributed by atoms with Crippen molar-refractivity contribution in [1.29, 1.82) is 0 Å². The summed E-state index contributed by atoms with van der Waals surface area (Å²) in [5.41, 5.74) is 16.0. The van der Waals surface area contributed by atoms with E-state index in [-0.39, 0.29) is 6.61 Å². The van der Waals surface area contributed by atoms with Gasteiger partial charge < -0.3 is 4.89 Å². The third-order valence-electron chi connectivity index (χ3n) is 11.8. The molecule has 0 spiro atoms. The summed E-state index contributed by atoms with van der Waals surface area (Å²) in [5, 5.41) is 0. The largest absolute Gasteiger partial charge is 0.437 e. The number of nitrogens with zero attached hydrogens (tertiary/aromatic N) is 2. The van der Waals surface area contributed by atoms with Gasteiger partial charge in [0, 0.05) is 12.4 Å². The first-order valence-corrected chi connectivity index (χ1v) is 26.2. The molecule has 0 aromatic carbocycles. The zero-order valence-electron chi connectivity index (χ0n) is 43.0. The Hall–Kier alpha value is -3.50. The Labute approximate surface area is 394 Å². The van der Waals surface area contributed by atoms with Crippen LogP contribution < -0.4 is 0 Å². The lowest BCUT2D eigenvalue weighted by Gasteiger charge is -2.11. The van der Waals surface area contributed by atoms with E-state index in [9.17, 15) is 9.46 Å². The van der Waals surface area contributed by atoms with E-state index in [4.69, 9.17) is 4.52 Å². The van der Waals surface area contributed by atoms with Crippen molar-refractivity contribution in [2.24, 2.45) is 0 Å². The van der Waals surface area contributed by atoms with Crippen LogP contribution in [-0.2, 0) is 9.09 Å². The fourth-order valence-electron chi connectivity index (χ4n) is 7.27. The van der Waals surface area contributed by atoms with Crippen molar-refractivity contribution >= 4 is 7.75 Å². The van der Waals surface area contributed by atoms with Gasteiger partial charge in [-0.05, 0) is 212 Å². The highest BCUT2D eigenvalue weighted by molar-refractivity contribution is 7.51. The topological polar surface area (TPSA) is 64.3 Å². The quantitative estimate of drug-likeness (QED) is 0.0553. The Kier molecular flexibility index (Phi) is 32.7. The molecule has 1 aromatic heterocycles.